The fourth-order valence-electron chi connectivity index (χ4n) is 2.02. The van der Waals surface area contributed by atoms with Gasteiger partial charge in [-0.25, -0.2) is 0 Å². The third-order valence-electron chi connectivity index (χ3n) is 3.14. The second-order valence-corrected chi connectivity index (χ2v) is 25.7. The van der Waals surface area contributed by atoms with Gasteiger partial charge in [0.05, 0.1) is 0 Å². The first-order valence-corrected chi connectivity index (χ1v) is 20.2. The summed E-state index contributed by atoms with van der Waals surface area (Å²) >= 11 is 5.79. The van der Waals surface area contributed by atoms with E-state index in [9.17, 15) is 0 Å². The zero-order valence-corrected chi connectivity index (χ0v) is 18.7. The Morgan fingerprint density at radius 3 is 1.86 bits per heavy atom. The van der Waals surface area contributed by atoms with Crippen LogP contribution >= 0.6 is 45.3 Å². The molecule has 0 saturated carbocycles. The Hall–Kier alpha value is 0.119. The van der Waals surface area contributed by atoms with Gasteiger partial charge in [-0.15, -0.1) is 22.7 Å². The van der Waals surface area contributed by atoms with Crippen molar-refractivity contribution in [1.29, 1.82) is 0 Å². The first-order chi connectivity index (χ1) is 9.93. The van der Waals surface area contributed by atoms with Crippen LogP contribution in [0.4, 0.5) is 0 Å². The van der Waals surface area contributed by atoms with Crippen LogP contribution in [-0.4, -0.2) is 18.4 Å². The van der Waals surface area contributed by atoms with Crippen molar-refractivity contribution in [2.24, 2.45) is 0 Å². The van der Waals surface area contributed by atoms with Crippen LogP contribution in [0.15, 0.2) is 35.0 Å². The maximum absolute atomic E-state index is 2.48. The third kappa shape index (κ3) is 3.72. The molecule has 0 N–H and O–H groups in total. The molecule has 21 heavy (non-hydrogen) atoms. The van der Waals surface area contributed by atoms with Gasteiger partial charge in [-0.05, 0) is 22.9 Å². The summed E-state index contributed by atoms with van der Waals surface area (Å²) in [5.41, 5.74) is 0. The van der Waals surface area contributed by atoms with Gasteiger partial charge >= 0.3 is 92.1 Å². The van der Waals surface area contributed by atoms with Gasteiger partial charge in [0.25, 0.3) is 0 Å². The quantitative estimate of drug-likeness (QED) is 0.277. The van der Waals surface area contributed by atoms with Gasteiger partial charge in [0.15, 0.2) is 0 Å². The van der Waals surface area contributed by atoms with Gasteiger partial charge in [0.1, 0.15) is 0 Å². The van der Waals surface area contributed by atoms with Gasteiger partial charge in [0, 0.05) is 9.40 Å². The molecule has 0 radical (unpaired) electrons. The van der Waals surface area contributed by atoms with Gasteiger partial charge in [-0.1, -0.05) is 0 Å². The fourth-order valence-corrected chi connectivity index (χ4v) is 11.7. The monoisotopic (exact) mass is 458 g/mol. The van der Waals surface area contributed by atoms with Crippen molar-refractivity contribution >= 4 is 85.4 Å². The Labute approximate surface area is 145 Å². The standard InChI is InChI=1S/C7H5S2.C6H4S2.3CH3.Sn/c1-5-4-7-6(9-5)2-3-8-7;1-3-7-6-2-4-8-5(1)6;;;;/h2,4H,1H3;1-4H;3*1H3;. The van der Waals surface area contributed by atoms with E-state index in [2.05, 4.69) is 56.8 Å². The van der Waals surface area contributed by atoms with Crippen molar-refractivity contribution in [3.63, 3.8) is 0 Å². The van der Waals surface area contributed by atoms with Gasteiger partial charge < -0.3 is 0 Å². The topological polar surface area (TPSA) is 0 Å². The predicted molar refractivity (Wildman–Crippen MR) is 107 cm³/mol. The molecule has 0 aliphatic carbocycles. The van der Waals surface area contributed by atoms with Crippen molar-refractivity contribution in [2.75, 3.05) is 0 Å². The van der Waals surface area contributed by atoms with Crippen LogP contribution in [0.2, 0.25) is 14.8 Å². The molecule has 0 fully saturated rings. The van der Waals surface area contributed by atoms with Crippen molar-refractivity contribution < 1.29 is 0 Å². The largest absolute Gasteiger partial charge is 0.143 e. The Morgan fingerprint density at radius 2 is 1.33 bits per heavy atom. The van der Waals surface area contributed by atoms with Crippen molar-refractivity contribution in [2.45, 2.75) is 21.7 Å². The second kappa shape index (κ2) is 6.32. The maximum atomic E-state index is 2.48. The SMILES string of the molecule is Cc1cc2s[c]([Sn]([CH3])([CH3])[CH3])cc2s1.c1cc2sccc2s1. The Kier molecular flexibility index (Phi) is 4.81. The normalized spacial score (nSPS) is 11.8. The van der Waals surface area contributed by atoms with Crippen LogP contribution in [0.1, 0.15) is 4.88 Å². The van der Waals surface area contributed by atoms with Gasteiger partial charge in [0.2, 0.25) is 0 Å². The van der Waals surface area contributed by atoms with E-state index in [1.54, 1.807) is 25.6 Å². The average Bonchev–Trinajstić information content (AvgIpc) is 3.02. The number of hydrogen-bond acceptors (Lipinski definition) is 4. The smallest absolute Gasteiger partial charge is 0.0450 e. The first-order valence-electron chi connectivity index (χ1n) is 6.84. The van der Waals surface area contributed by atoms with E-state index in [0.717, 1.165) is 0 Å². The number of hydrogen-bond donors (Lipinski definition) is 0. The molecule has 0 atom stereocenters. The summed E-state index contributed by atoms with van der Waals surface area (Å²) in [4.78, 5) is 8.89. The summed E-state index contributed by atoms with van der Waals surface area (Å²) in [7, 11) is 0. The molecule has 0 nitrogen and oxygen atoms in total. The average molecular weight is 457 g/mol. The predicted octanol–water partition coefficient (Wildman–Crippen LogP) is 6.78. The number of rotatable bonds is 1. The van der Waals surface area contributed by atoms with Crippen molar-refractivity contribution in [1.82, 2.24) is 0 Å². The molecule has 0 saturated heterocycles. The Bertz CT molecular complexity index is 771. The summed E-state index contributed by atoms with van der Waals surface area (Å²) in [6.45, 7) is 2.19. The number of fused-ring (bicyclic) bond motifs is 2. The summed E-state index contributed by atoms with van der Waals surface area (Å²) in [6, 6.07) is 9.08. The molecule has 4 aromatic heterocycles. The Morgan fingerprint density at radius 1 is 0.762 bits per heavy atom. The van der Waals surface area contributed by atoms with Gasteiger partial charge in [-0.2, -0.15) is 0 Å². The molecule has 0 aromatic carbocycles. The maximum Gasteiger partial charge on any atom is 0.0450 e. The van der Waals surface area contributed by atoms with Crippen LogP contribution in [0.3, 0.4) is 0 Å². The summed E-state index contributed by atoms with van der Waals surface area (Å²) < 4.78 is 7.54. The van der Waals surface area contributed by atoms with Crippen LogP contribution in [-0.2, 0) is 0 Å². The molecule has 0 aliphatic rings. The van der Waals surface area contributed by atoms with Crippen molar-refractivity contribution in [3.8, 4) is 0 Å². The molecular weight excluding hydrogens is 439 g/mol. The zero-order chi connectivity index (χ0) is 15.0. The van der Waals surface area contributed by atoms with E-state index >= 15 is 0 Å². The van der Waals surface area contributed by atoms with E-state index in [4.69, 9.17) is 0 Å². The van der Waals surface area contributed by atoms with E-state index in [0.29, 0.717) is 0 Å². The van der Waals surface area contributed by atoms with E-state index in [1.165, 1.54) is 23.7 Å². The summed E-state index contributed by atoms with van der Waals surface area (Å²) in [5.74, 6) is 0. The number of thiophene rings is 4. The molecule has 0 bridgehead atoms. The molecule has 5 heteroatoms. The zero-order valence-electron chi connectivity index (χ0n) is 12.6. The van der Waals surface area contributed by atoms with Gasteiger partial charge in [-0.3, -0.25) is 0 Å². The van der Waals surface area contributed by atoms with E-state index < -0.39 is 18.4 Å². The molecule has 0 aliphatic heterocycles. The molecule has 0 spiro atoms. The Balaban J connectivity index is 0.000000140. The fraction of sp³-hybridized carbons (Fsp3) is 0.250. The second-order valence-electron chi connectivity index (χ2n) is 6.02. The molecular formula is C16H18S4Sn. The molecule has 0 amide bonds. The molecule has 110 valence electrons. The third-order valence-corrected chi connectivity index (χ3v) is 16.7. The van der Waals surface area contributed by atoms with Crippen LogP contribution in [0.25, 0.3) is 18.8 Å². The minimum absolute atomic E-state index is 1.41. The van der Waals surface area contributed by atoms with Crippen LogP contribution in [0.5, 0.6) is 0 Å². The minimum atomic E-state index is -1.78. The van der Waals surface area contributed by atoms with E-state index in [1.807, 2.05) is 22.7 Å². The molecule has 4 rings (SSSR count). The van der Waals surface area contributed by atoms with E-state index in [-0.39, 0.29) is 0 Å². The molecule has 4 heterocycles. The summed E-state index contributed by atoms with van der Waals surface area (Å²) in [5, 5.41) is 4.25. The van der Waals surface area contributed by atoms with Crippen molar-refractivity contribution in [3.05, 3.63) is 39.9 Å². The first kappa shape index (κ1) is 16.0. The van der Waals surface area contributed by atoms with Crippen LogP contribution in [0, 0.1) is 6.92 Å². The molecule has 0 unspecified atom stereocenters. The minimum Gasteiger partial charge on any atom is -0.143 e. The molecule has 4 aromatic rings. The number of aryl methyl sites for hydroxylation is 1. The summed E-state index contributed by atoms with van der Waals surface area (Å²) in [6.07, 6.45) is 0. The van der Waals surface area contributed by atoms with Crippen LogP contribution < -0.4 is 2.89 Å².